The zero-order valence-corrected chi connectivity index (χ0v) is 22.2. The van der Waals surface area contributed by atoms with Gasteiger partial charge in [-0.25, -0.2) is 9.37 Å². The summed E-state index contributed by atoms with van der Waals surface area (Å²) in [4.78, 5) is 7.63. The van der Waals surface area contributed by atoms with E-state index in [4.69, 9.17) is 14.2 Å². The van der Waals surface area contributed by atoms with Gasteiger partial charge in [-0.05, 0) is 45.9 Å². The molecule has 0 aliphatic carbocycles. The van der Waals surface area contributed by atoms with Crippen LogP contribution in [0.4, 0.5) is 10.1 Å². The van der Waals surface area contributed by atoms with Crippen molar-refractivity contribution in [3.63, 3.8) is 0 Å². The molecule has 4 aromatic rings. The molecule has 10 heteroatoms. The lowest BCUT2D eigenvalue weighted by Gasteiger charge is -2.17. The SMILES string of the molecule is Cc1cc(N[SH](C)(C)=O)ccc1-c1ccc(-c2nc3cc(O[C@@H]4CO[C@H]5[C@@H]4OC[C@H]5O)[nH]c3cc2F)cc1. The predicted molar refractivity (Wildman–Crippen MR) is 147 cm³/mol. The van der Waals surface area contributed by atoms with E-state index in [-0.39, 0.29) is 30.6 Å². The molecule has 200 valence electrons. The Morgan fingerprint density at radius 2 is 1.79 bits per heavy atom. The Balaban J connectivity index is 1.22. The summed E-state index contributed by atoms with van der Waals surface area (Å²) >= 11 is 0. The number of rotatable bonds is 6. The highest BCUT2D eigenvalue weighted by atomic mass is 32.3. The van der Waals surface area contributed by atoms with Gasteiger partial charge in [0, 0.05) is 35.9 Å². The molecule has 8 nitrogen and oxygen atoms in total. The standard InChI is InChI=1S/C28H30FN3O5S/c1-15-10-18(32-38(2,3)34)8-9-19(15)16-4-6-17(7-5-16)26-20(29)11-21-22(31-26)12-25(30-21)37-24-14-36-27-23(33)13-35-28(24)27/h4-12,23-24,27-28,30,33,38H,13-14H2,1-3H3,(H,32,34)/t23-,24-,27-,28-/m1/s1. The lowest BCUT2D eigenvalue weighted by atomic mass is 9.98. The largest absolute Gasteiger partial charge is 0.470 e. The summed E-state index contributed by atoms with van der Waals surface area (Å²) in [6.07, 6.45) is 1.63. The minimum absolute atomic E-state index is 0.222. The number of benzene rings is 2. The predicted octanol–water partition coefficient (Wildman–Crippen LogP) is 3.85. The van der Waals surface area contributed by atoms with Crippen LogP contribution >= 0.6 is 0 Å². The molecule has 2 aliphatic rings. The van der Waals surface area contributed by atoms with Gasteiger partial charge in [0.05, 0.1) is 24.2 Å². The first-order chi connectivity index (χ1) is 18.1. The van der Waals surface area contributed by atoms with Crippen LogP contribution in [0.15, 0.2) is 54.6 Å². The van der Waals surface area contributed by atoms with Crippen molar-refractivity contribution in [3.8, 4) is 28.3 Å². The van der Waals surface area contributed by atoms with E-state index < -0.39 is 22.0 Å². The normalized spacial score (nSPS) is 23.5. The Labute approximate surface area is 220 Å². The van der Waals surface area contributed by atoms with Crippen LogP contribution in [0.25, 0.3) is 33.4 Å². The molecule has 2 aromatic heterocycles. The Morgan fingerprint density at radius 3 is 2.53 bits per heavy atom. The van der Waals surface area contributed by atoms with Gasteiger partial charge in [-0.15, -0.1) is 0 Å². The van der Waals surface area contributed by atoms with Gasteiger partial charge in [0.25, 0.3) is 0 Å². The van der Waals surface area contributed by atoms with Crippen LogP contribution < -0.4 is 9.46 Å². The van der Waals surface area contributed by atoms with E-state index in [9.17, 15) is 9.32 Å². The van der Waals surface area contributed by atoms with E-state index in [1.165, 1.54) is 6.07 Å². The smallest absolute Gasteiger partial charge is 0.193 e. The molecule has 2 aromatic carbocycles. The number of aromatic nitrogens is 2. The average Bonchev–Trinajstić information content (AvgIpc) is 3.54. The van der Waals surface area contributed by atoms with Crippen LogP contribution in [-0.4, -0.2) is 69.4 Å². The number of hydrogen-bond acceptors (Lipinski definition) is 6. The molecule has 38 heavy (non-hydrogen) atoms. The van der Waals surface area contributed by atoms with E-state index >= 15 is 4.39 Å². The molecule has 0 saturated carbocycles. The maximum atomic E-state index is 15.1. The topological polar surface area (TPSA) is 106 Å². The molecule has 4 atom stereocenters. The number of aliphatic hydroxyl groups is 1. The monoisotopic (exact) mass is 539 g/mol. The molecule has 2 fully saturated rings. The number of fused-ring (bicyclic) bond motifs is 2. The number of aliphatic hydroxyl groups excluding tert-OH is 1. The maximum Gasteiger partial charge on any atom is 0.193 e. The minimum Gasteiger partial charge on any atom is -0.470 e. The second-order valence-electron chi connectivity index (χ2n) is 10.3. The third-order valence-corrected chi connectivity index (χ3v) is 7.68. The van der Waals surface area contributed by atoms with Gasteiger partial charge in [-0.2, -0.15) is 0 Å². The minimum atomic E-state index is -2.39. The maximum absolute atomic E-state index is 15.1. The Hall–Kier alpha value is -3.31. The second kappa shape index (κ2) is 9.46. The third kappa shape index (κ3) is 4.80. The number of H-pyrrole nitrogens is 1. The molecular weight excluding hydrogens is 509 g/mol. The van der Waals surface area contributed by atoms with Crippen LogP contribution in [0.1, 0.15) is 5.56 Å². The zero-order chi connectivity index (χ0) is 26.6. The van der Waals surface area contributed by atoms with E-state index in [2.05, 4.69) is 14.7 Å². The molecule has 2 saturated heterocycles. The lowest BCUT2D eigenvalue weighted by Crippen LogP contribution is -2.34. The molecule has 0 unspecified atom stereocenters. The number of anilines is 1. The number of ether oxygens (including phenoxy) is 3. The highest BCUT2D eigenvalue weighted by molar-refractivity contribution is 8.02. The molecule has 0 radical (unpaired) electrons. The second-order valence-corrected chi connectivity index (χ2v) is 13.2. The van der Waals surface area contributed by atoms with Crippen molar-refractivity contribution in [3.05, 3.63) is 66.0 Å². The van der Waals surface area contributed by atoms with E-state index in [0.29, 0.717) is 29.1 Å². The molecule has 2 aliphatic heterocycles. The molecule has 0 spiro atoms. The molecule has 3 N–H and O–H groups in total. The summed E-state index contributed by atoms with van der Waals surface area (Å²) in [7, 11) is -2.39. The number of nitrogens with one attached hydrogen (secondary N) is 2. The molecule has 0 amide bonds. The summed E-state index contributed by atoms with van der Waals surface area (Å²) in [5.41, 5.74) is 5.89. The summed E-state index contributed by atoms with van der Waals surface area (Å²) in [5.74, 6) is -0.00474. The quantitative estimate of drug-likeness (QED) is 0.278. The van der Waals surface area contributed by atoms with Crippen LogP contribution in [-0.2, 0) is 19.6 Å². The van der Waals surface area contributed by atoms with Gasteiger partial charge >= 0.3 is 0 Å². The number of thiol groups is 1. The number of aromatic amines is 1. The third-order valence-electron chi connectivity index (χ3n) is 6.89. The molecule has 6 rings (SSSR count). The Bertz CT molecular complexity index is 1550. The summed E-state index contributed by atoms with van der Waals surface area (Å²) in [6.45, 7) is 2.53. The van der Waals surface area contributed by atoms with E-state index in [1.54, 1.807) is 18.6 Å². The number of aryl methyl sites for hydroxylation is 1. The van der Waals surface area contributed by atoms with Crippen molar-refractivity contribution in [2.24, 2.45) is 0 Å². The summed E-state index contributed by atoms with van der Waals surface area (Å²) in [5, 5.41) is 9.93. The first-order valence-corrected chi connectivity index (χ1v) is 15.1. The summed E-state index contributed by atoms with van der Waals surface area (Å²) < 4.78 is 47.5. The van der Waals surface area contributed by atoms with Gasteiger partial charge in [-0.1, -0.05) is 30.3 Å². The van der Waals surface area contributed by atoms with Gasteiger partial charge in [0.2, 0.25) is 0 Å². The molecule has 0 bridgehead atoms. The number of nitrogens with zero attached hydrogens (tertiary/aromatic N) is 1. The highest BCUT2D eigenvalue weighted by Gasteiger charge is 2.48. The van der Waals surface area contributed by atoms with Crippen molar-refractivity contribution < 1.29 is 27.9 Å². The van der Waals surface area contributed by atoms with Crippen LogP contribution in [0, 0.1) is 12.7 Å². The van der Waals surface area contributed by atoms with Gasteiger partial charge in [0.1, 0.15) is 24.0 Å². The summed E-state index contributed by atoms with van der Waals surface area (Å²) in [6, 6.07) is 16.6. The van der Waals surface area contributed by atoms with Gasteiger partial charge in [0.15, 0.2) is 17.8 Å². The number of pyridine rings is 1. The number of halogens is 1. The highest BCUT2D eigenvalue weighted by Crippen LogP contribution is 2.33. The number of hydrogen-bond donors (Lipinski definition) is 4. The van der Waals surface area contributed by atoms with Gasteiger partial charge < -0.3 is 29.0 Å². The average molecular weight is 540 g/mol. The lowest BCUT2D eigenvalue weighted by molar-refractivity contribution is 0.00794. The van der Waals surface area contributed by atoms with E-state index in [1.807, 2.05) is 49.4 Å². The first kappa shape index (κ1) is 25.0. The van der Waals surface area contributed by atoms with Crippen molar-refractivity contribution >= 4 is 26.8 Å². The van der Waals surface area contributed by atoms with Crippen molar-refractivity contribution in [2.45, 2.75) is 31.3 Å². The van der Waals surface area contributed by atoms with Crippen LogP contribution in [0.5, 0.6) is 5.88 Å². The van der Waals surface area contributed by atoms with Crippen molar-refractivity contribution in [2.75, 3.05) is 30.4 Å². The Kier molecular flexibility index (Phi) is 6.22. The van der Waals surface area contributed by atoms with Crippen LogP contribution in [0.3, 0.4) is 0 Å². The van der Waals surface area contributed by atoms with E-state index in [0.717, 1.165) is 22.4 Å². The van der Waals surface area contributed by atoms with Gasteiger partial charge in [-0.3, -0.25) is 4.21 Å². The fourth-order valence-corrected chi connectivity index (χ4v) is 5.92. The van der Waals surface area contributed by atoms with Crippen molar-refractivity contribution in [1.29, 1.82) is 0 Å². The van der Waals surface area contributed by atoms with Crippen molar-refractivity contribution in [1.82, 2.24) is 9.97 Å². The fraction of sp³-hybridized carbons (Fsp3) is 0.321. The Morgan fingerprint density at radius 1 is 1.05 bits per heavy atom. The first-order valence-electron chi connectivity index (χ1n) is 12.5. The fourth-order valence-electron chi connectivity index (χ4n) is 5.16. The zero-order valence-electron chi connectivity index (χ0n) is 21.3. The van der Waals surface area contributed by atoms with Crippen LogP contribution in [0.2, 0.25) is 0 Å². The molecule has 4 heterocycles. The molecular formula is C28H30FN3O5S.